The van der Waals surface area contributed by atoms with Gasteiger partial charge in [-0.05, 0) is 25.5 Å². The Kier molecular flexibility index (Phi) is 4.74. The molecule has 2 rings (SSSR count). The minimum atomic E-state index is -0.173. The van der Waals surface area contributed by atoms with Gasteiger partial charge in [-0.2, -0.15) is 0 Å². The normalized spacial score (nSPS) is 16.6. The highest BCUT2D eigenvalue weighted by Gasteiger charge is 2.24. The SMILES string of the molecule is CCNCc1cccnc1N1CCC(C(N)=O)CC1. The number of nitrogens with two attached hydrogens (primary N) is 1. The lowest BCUT2D eigenvalue weighted by molar-refractivity contribution is -0.122. The van der Waals surface area contributed by atoms with Crippen molar-refractivity contribution >= 4 is 11.7 Å². The number of anilines is 1. The number of amides is 1. The van der Waals surface area contributed by atoms with Crippen LogP contribution in [0, 0.1) is 5.92 Å². The highest BCUT2D eigenvalue weighted by atomic mass is 16.1. The predicted octanol–water partition coefficient (Wildman–Crippen LogP) is 0.893. The number of pyridine rings is 1. The summed E-state index contributed by atoms with van der Waals surface area (Å²) in [6, 6.07) is 4.07. The van der Waals surface area contributed by atoms with Crippen LogP contribution in [0.1, 0.15) is 25.3 Å². The van der Waals surface area contributed by atoms with Gasteiger partial charge in [0.2, 0.25) is 5.91 Å². The number of hydrogen-bond acceptors (Lipinski definition) is 4. The molecular weight excluding hydrogens is 240 g/mol. The van der Waals surface area contributed by atoms with Crippen LogP contribution < -0.4 is 16.0 Å². The van der Waals surface area contributed by atoms with Crippen molar-refractivity contribution in [1.29, 1.82) is 0 Å². The lowest BCUT2D eigenvalue weighted by Crippen LogP contribution is -2.39. The number of carbonyl (C=O) groups excluding carboxylic acids is 1. The smallest absolute Gasteiger partial charge is 0.220 e. The second-order valence-electron chi connectivity index (χ2n) is 4.93. The van der Waals surface area contributed by atoms with Gasteiger partial charge in [-0.25, -0.2) is 4.98 Å². The fourth-order valence-electron chi connectivity index (χ4n) is 2.49. The van der Waals surface area contributed by atoms with Crippen molar-refractivity contribution in [3.63, 3.8) is 0 Å². The van der Waals surface area contributed by atoms with Crippen molar-refractivity contribution in [2.75, 3.05) is 24.5 Å². The minimum Gasteiger partial charge on any atom is -0.369 e. The Hall–Kier alpha value is -1.62. The number of nitrogens with one attached hydrogen (secondary N) is 1. The van der Waals surface area contributed by atoms with E-state index in [0.29, 0.717) is 0 Å². The van der Waals surface area contributed by atoms with Gasteiger partial charge in [0.15, 0.2) is 0 Å². The maximum absolute atomic E-state index is 11.2. The predicted molar refractivity (Wildman–Crippen MR) is 75.7 cm³/mol. The summed E-state index contributed by atoms with van der Waals surface area (Å²) in [4.78, 5) is 17.9. The molecule has 0 bridgehead atoms. The van der Waals surface area contributed by atoms with Crippen LogP contribution in [0.3, 0.4) is 0 Å². The van der Waals surface area contributed by atoms with Crippen molar-refractivity contribution in [3.8, 4) is 0 Å². The average molecular weight is 262 g/mol. The fraction of sp³-hybridized carbons (Fsp3) is 0.571. The van der Waals surface area contributed by atoms with Gasteiger partial charge in [-0.3, -0.25) is 4.79 Å². The molecule has 1 aromatic heterocycles. The Morgan fingerprint density at radius 1 is 1.53 bits per heavy atom. The summed E-state index contributed by atoms with van der Waals surface area (Å²) < 4.78 is 0. The fourth-order valence-corrected chi connectivity index (χ4v) is 2.49. The molecule has 0 saturated carbocycles. The van der Waals surface area contributed by atoms with Gasteiger partial charge in [0, 0.05) is 37.3 Å². The van der Waals surface area contributed by atoms with Crippen LogP contribution in [0.2, 0.25) is 0 Å². The van der Waals surface area contributed by atoms with E-state index < -0.39 is 0 Å². The first-order valence-electron chi connectivity index (χ1n) is 6.91. The zero-order valence-corrected chi connectivity index (χ0v) is 11.4. The quantitative estimate of drug-likeness (QED) is 0.827. The molecule has 104 valence electrons. The molecule has 19 heavy (non-hydrogen) atoms. The summed E-state index contributed by atoms with van der Waals surface area (Å²) in [6.07, 6.45) is 3.48. The third-order valence-corrected chi connectivity index (χ3v) is 3.63. The van der Waals surface area contributed by atoms with Crippen molar-refractivity contribution < 1.29 is 4.79 Å². The third-order valence-electron chi connectivity index (χ3n) is 3.63. The van der Waals surface area contributed by atoms with Crippen LogP contribution in [-0.2, 0) is 11.3 Å². The Morgan fingerprint density at radius 2 is 2.26 bits per heavy atom. The van der Waals surface area contributed by atoms with Crippen molar-refractivity contribution in [1.82, 2.24) is 10.3 Å². The maximum Gasteiger partial charge on any atom is 0.220 e. The van der Waals surface area contributed by atoms with Gasteiger partial charge in [0.05, 0.1) is 0 Å². The molecule has 5 heteroatoms. The second kappa shape index (κ2) is 6.52. The number of aromatic nitrogens is 1. The first-order valence-corrected chi connectivity index (χ1v) is 6.91. The molecule has 0 radical (unpaired) electrons. The molecule has 2 heterocycles. The second-order valence-corrected chi connectivity index (χ2v) is 4.93. The third kappa shape index (κ3) is 3.44. The molecular formula is C14H22N4O. The Balaban J connectivity index is 2.04. The lowest BCUT2D eigenvalue weighted by atomic mass is 9.96. The molecule has 0 unspecified atom stereocenters. The molecule has 1 aromatic rings. The summed E-state index contributed by atoms with van der Waals surface area (Å²) in [5, 5.41) is 3.33. The van der Waals surface area contributed by atoms with E-state index in [0.717, 1.165) is 44.8 Å². The maximum atomic E-state index is 11.2. The van der Waals surface area contributed by atoms with Crippen molar-refractivity contribution in [2.45, 2.75) is 26.3 Å². The molecule has 0 atom stereocenters. The summed E-state index contributed by atoms with van der Waals surface area (Å²) in [5.41, 5.74) is 6.57. The van der Waals surface area contributed by atoms with Crippen LogP contribution in [-0.4, -0.2) is 30.5 Å². The van der Waals surface area contributed by atoms with Crippen molar-refractivity contribution in [3.05, 3.63) is 23.9 Å². The Bertz CT molecular complexity index is 427. The Morgan fingerprint density at radius 3 is 2.89 bits per heavy atom. The number of rotatable bonds is 5. The zero-order valence-electron chi connectivity index (χ0n) is 11.4. The summed E-state index contributed by atoms with van der Waals surface area (Å²) in [5.74, 6) is 0.886. The largest absolute Gasteiger partial charge is 0.369 e. The highest BCUT2D eigenvalue weighted by molar-refractivity contribution is 5.77. The van der Waals surface area contributed by atoms with E-state index in [4.69, 9.17) is 5.73 Å². The van der Waals surface area contributed by atoms with Crippen LogP contribution in [0.5, 0.6) is 0 Å². The summed E-state index contributed by atoms with van der Waals surface area (Å²) in [7, 11) is 0. The molecule has 1 aliphatic heterocycles. The number of piperidine rings is 1. The van der Waals surface area contributed by atoms with Gasteiger partial charge >= 0.3 is 0 Å². The Labute approximate surface area is 114 Å². The molecule has 0 aliphatic carbocycles. The van der Waals surface area contributed by atoms with E-state index in [1.54, 1.807) is 0 Å². The van der Waals surface area contributed by atoms with Crippen LogP contribution in [0.15, 0.2) is 18.3 Å². The van der Waals surface area contributed by atoms with E-state index >= 15 is 0 Å². The molecule has 1 saturated heterocycles. The average Bonchev–Trinajstić information content (AvgIpc) is 2.45. The molecule has 1 aliphatic rings. The van der Waals surface area contributed by atoms with Crippen LogP contribution in [0.4, 0.5) is 5.82 Å². The van der Waals surface area contributed by atoms with E-state index in [-0.39, 0.29) is 11.8 Å². The number of primary amides is 1. The number of hydrogen-bond donors (Lipinski definition) is 2. The number of carbonyl (C=O) groups is 1. The standard InChI is InChI=1S/C14H22N4O/c1-2-16-10-12-4-3-7-17-14(12)18-8-5-11(6-9-18)13(15)19/h3-4,7,11,16H,2,5-6,8-10H2,1H3,(H2,15,19). The molecule has 1 amide bonds. The van der Waals surface area contributed by atoms with Gasteiger partial charge < -0.3 is 16.0 Å². The van der Waals surface area contributed by atoms with Crippen LogP contribution >= 0.6 is 0 Å². The highest BCUT2D eigenvalue weighted by Crippen LogP contribution is 2.24. The zero-order chi connectivity index (χ0) is 13.7. The van der Waals surface area contributed by atoms with E-state index in [2.05, 4.69) is 28.2 Å². The first kappa shape index (κ1) is 13.8. The van der Waals surface area contributed by atoms with E-state index in [9.17, 15) is 4.79 Å². The van der Waals surface area contributed by atoms with Gasteiger partial charge in [-0.15, -0.1) is 0 Å². The van der Waals surface area contributed by atoms with Crippen molar-refractivity contribution in [2.24, 2.45) is 11.7 Å². The van der Waals surface area contributed by atoms with E-state index in [1.807, 2.05) is 12.3 Å². The molecule has 0 spiro atoms. The van der Waals surface area contributed by atoms with Gasteiger partial charge in [0.1, 0.15) is 5.82 Å². The summed E-state index contributed by atoms with van der Waals surface area (Å²) in [6.45, 7) is 5.56. The molecule has 5 nitrogen and oxygen atoms in total. The molecule has 3 N–H and O–H groups in total. The number of nitrogens with zero attached hydrogens (tertiary/aromatic N) is 2. The minimum absolute atomic E-state index is 0.0252. The molecule has 0 aromatic carbocycles. The van der Waals surface area contributed by atoms with Gasteiger partial charge in [-0.1, -0.05) is 13.0 Å². The summed E-state index contributed by atoms with van der Waals surface area (Å²) >= 11 is 0. The first-order chi connectivity index (χ1) is 9.22. The van der Waals surface area contributed by atoms with E-state index in [1.165, 1.54) is 5.56 Å². The monoisotopic (exact) mass is 262 g/mol. The van der Waals surface area contributed by atoms with Gasteiger partial charge in [0.25, 0.3) is 0 Å². The lowest BCUT2D eigenvalue weighted by Gasteiger charge is -2.32. The van der Waals surface area contributed by atoms with Crippen LogP contribution in [0.25, 0.3) is 0 Å². The molecule has 1 fully saturated rings. The topological polar surface area (TPSA) is 71.2 Å².